The minimum Gasteiger partial charge on any atom is -0.870 e. The predicted octanol–water partition coefficient (Wildman–Crippen LogP) is 2.21. The highest BCUT2D eigenvalue weighted by Crippen LogP contribution is 2.56. The molecule has 1 spiro atoms. The summed E-state index contributed by atoms with van der Waals surface area (Å²) in [7, 11) is 4.04. The standard InChI is InChI=1S/C19H26NO3.H2O/c1-4-20(2)10-9-19-8-7-14(21)11-16(19)23-18-15(22-3)6-5-13(12-20)17(18)19;/h5-8,14,16,21H,4,9-12H2,1-3H3;1H2/q+1;/p-1. The molecule has 0 aromatic heterocycles. The van der Waals surface area contributed by atoms with Gasteiger partial charge in [0.25, 0.3) is 0 Å². The third-order valence-corrected chi connectivity index (χ3v) is 6.18. The topological polar surface area (TPSA) is 68.7 Å². The second-order valence-corrected chi connectivity index (χ2v) is 7.51. The molecule has 4 rings (SSSR count). The Kier molecular flexibility index (Phi) is 4.14. The zero-order valence-corrected chi connectivity index (χ0v) is 14.7. The van der Waals surface area contributed by atoms with Gasteiger partial charge in [0.2, 0.25) is 0 Å². The normalized spacial score (nSPS) is 36.0. The van der Waals surface area contributed by atoms with Gasteiger partial charge >= 0.3 is 0 Å². The Hall–Kier alpha value is -1.56. The number of nitrogens with zero attached hydrogens (tertiary/aromatic N) is 1. The van der Waals surface area contributed by atoms with Crippen LogP contribution < -0.4 is 9.47 Å². The average Bonchev–Trinajstić information content (AvgIpc) is 2.81. The first-order chi connectivity index (χ1) is 11.0. The van der Waals surface area contributed by atoms with E-state index in [1.54, 1.807) is 7.11 Å². The van der Waals surface area contributed by atoms with E-state index in [0.717, 1.165) is 42.0 Å². The van der Waals surface area contributed by atoms with Crippen LogP contribution in [0.15, 0.2) is 24.3 Å². The number of rotatable bonds is 2. The number of aliphatic hydroxyl groups is 1. The van der Waals surface area contributed by atoms with Gasteiger partial charge in [-0.1, -0.05) is 12.2 Å². The SMILES string of the molecule is CC[N+]1(C)CCC23C=CC(O)CC2Oc2c(OC)ccc(c23)C1.[OH-]. The third-order valence-electron chi connectivity index (χ3n) is 6.18. The maximum atomic E-state index is 10.1. The number of hydrogen-bond acceptors (Lipinski definition) is 4. The Morgan fingerprint density at radius 2 is 2.21 bits per heavy atom. The molecule has 0 radical (unpaired) electrons. The van der Waals surface area contributed by atoms with Crippen LogP contribution in [0.25, 0.3) is 0 Å². The van der Waals surface area contributed by atoms with Crippen LogP contribution in [-0.2, 0) is 12.0 Å². The van der Waals surface area contributed by atoms with Crippen LogP contribution in [0.2, 0.25) is 0 Å². The molecule has 1 aromatic rings. The molecule has 2 heterocycles. The van der Waals surface area contributed by atoms with Crippen molar-refractivity contribution in [1.29, 1.82) is 0 Å². The first-order valence-corrected chi connectivity index (χ1v) is 8.59. The second-order valence-electron chi connectivity index (χ2n) is 7.51. The van der Waals surface area contributed by atoms with Crippen LogP contribution in [0.1, 0.15) is 30.9 Å². The molecule has 2 N–H and O–H groups in total. The zero-order chi connectivity index (χ0) is 16.2. The van der Waals surface area contributed by atoms with Crippen molar-refractivity contribution in [2.45, 2.75) is 43.9 Å². The molecular formula is C19H27NO4. The zero-order valence-electron chi connectivity index (χ0n) is 14.7. The summed E-state index contributed by atoms with van der Waals surface area (Å²) >= 11 is 0. The molecule has 2 aliphatic heterocycles. The Morgan fingerprint density at radius 1 is 1.42 bits per heavy atom. The molecule has 4 atom stereocenters. The lowest BCUT2D eigenvalue weighted by Gasteiger charge is -2.37. The Labute approximate surface area is 143 Å². The lowest BCUT2D eigenvalue weighted by molar-refractivity contribution is -0.920. The Morgan fingerprint density at radius 3 is 2.92 bits per heavy atom. The van der Waals surface area contributed by atoms with E-state index in [1.807, 2.05) is 12.1 Å². The van der Waals surface area contributed by atoms with Crippen LogP contribution in [0, 0.1) is 0 Å². The van der Waals surface area contributed by atoms with Crippen LogP contribution >= 0.6 is 0 Å². The second kappa shape index (κ2) is 5.76. The fourth-order valence-corrected chi connectivity index (χ4v) is 4.55. The van der Waals surface area contributed by atoms with Crippen molar-refractivity contribution in [3.63, 3.8) is 0 Å². The number of benzene rings is 1. The summed E-state index contributed by atoms with van der Waals surface area (Å²) in [5.41, 5.74) is 2.57. The first-order valence-electron chi connectivity index (χ1n) is 8.59. The summed E-state index contributed by atoms with van der Waals surface area (Å²) in [5.74, 6) is 1.71. The molecule has 5 nitrogen and oxygen atoms in total. The van der Waals surface area contributed by atoms with Gasteiger partial charge in [-0.25, -0.2) is 0 Å². The van der Waals surface area contributed by atoms with Crippen molar-refractivity contribution >= 4 is 0 Å². The van der Waals surface area contributed by atoms with E-state index < -0.39 is 6.10 Å². The quantitative estimate of drug-likeness (QED) is 0.665. The lowest BCUT2D eigenvalue weighted by Crippen LogP contribution is -2.46. The van der Waals surface area contributed by atoms with Gasteiger partial charge in [0.05, 0.1) is 38.8 Å². The summed E-state index contributed by atoms with van der Waals surface area (Å²) in [5, 5.41) is 10.1. The van der Waals surface area contributed by atoms with E-state index in [-0.39, 0.29) is 17.0 Å². The predicted molar refractivity (Wildman–Crippen MR) is 90.7 cm³/mol. The monoisotopic (exact) mass is 333 g/mol. The maximum absolute atomic E-state index is 10.1. The van der Waals surface area contributed by atoms with Crippen LogP contribution in [0.3, 0.4) is 0 Å². The summed E-state index contributed by atoms with van der Waals surface area (Å²) in [6.07, 6.45) is 5.48. The highest BCUT2D eigenvalue weighted by molar-refractivity contribution is 5.60. The van der Waals surface area contributed by atoms with Gasteiger partial charge in [-0.3, -0.25) is 0 Å². The van der Waals surface area contributed by atoms with E-state index in [9.17, 15) is 5.11 Å². The van der Waals surface area contributed by atoms with E-state index in [2.05, 4.69) is 26.1 Å². The Bertz CT molecular complexity index is 674. The van der Waals surface area contributed by atoms with E-state index in [0.29, 0.717) is 6.42 Å². The van der Waals surface area contributed by atoms with Crippen molar-refractivity contribution < 1.29 is 24.5 Å². The van der Waals surface area contributed by atoms with Crippen LogP contribution in [0.4, 0.5) is 0 Å². The van der Waals surface area contributed by atoms with Gasteiger partial charge < -0.3 is 24.5 Å². The maximum Gasteiger partial charge on any atom is 0.166 e. The van der Waals surface area contributed by atoms with Crippen molar-refractivity contribution in [2.24, 2.45) is 0 Å². The fraction of sp³-hybridized carbons (Fsp3) is 0.579. The average molecular weight is 333 g/mol. The van der Waals surface area contributed by atoms with E-state index >= 15 is 0 Å². The van der Waals surface area contributed by atoms with Gasteiger partial charge in [-0.05, 0) is 19.1 Å². The number of ether oxygens (including phenoxy) is 2. The van der Waals surface area contributed by atoms with Gasteiger partial charge in [-0.2, -0.15) is 0 Å². The van der Waals surface area contributed by atoms with Crippen molar-refractivity contribution in [1.82, 2.24) is 0 Å². The summed E-state index contributed by atoms with van der Waals surface area (Å²) in [6, 6.07) is 4.24. The highest BCUT2D eigenvalue weighted by Gasteiger charge is 2.54. The van der Waals surface area contributed by atoms with Crippen LogP contribution in [0.5, 0.6) is 11.5 Å². The molecular weight excluding hydrogens is 306 g/mol. The van der Waals surface area contributed by atoms with Gasteiger partial charge in [-0.15, -0.1) is 0 Å². The minimum atomic E-state index is -0.412. The molecule has 132 valence electrons. The number of aliphatic hydroxyl groups excluding tert-OH is 1. The van der Waals surface area contributed by atoms with Crippen molar-refractivity contribution in [2.75, 3.05) is 27.2 Å². The molecule has 5 heteroatoms. The smallest absolute Gasteiger partial charge is 0.166 e. The molecule has 0 saturated heterocycles. The van der Waals surface area contributed by atoms with Gasteiger partial charge in [0.15, 0.2) is 11.5 Å². The molecule has 0 saturated carbocycles. The molecule has 4 unspecified atom stereocenters. The molecule has 0 bridgehead atoms. The van der Waals surface area contributed by atoms with Gasteiger partial charge in [0.1, 0.15) is 12.6 Å². The van der Waals surface area contributed by atoms with Crippen molar-refractivity contribution in [3.8, 4) is 11.5 Å². The minimum absolute atomic E-state index is 0. The summed E-state index contributed by atoms with van der Waals surface area (Å²) in [4.78, 5) is 0. The fourth-order valence-electron chi connectivity index (χ4n) is 4.55. The molecule has 3 aliphatic rings. The van der Waals surface area contributed by atoms with Crippen LogP contribution in [-0.4, -0.2) is 54.5 Å². The summed E-state index contributed by atoms with van der Waals surface area (Å²) < 4.78 is 12.9. The number of hydrogen-bond donors (Lipinski definition) is 1. The molecule has 1 aliphatic carbocycles. The molecule has 0 amide bonds. The highest BCUT2D eigenvalue weighted by atomic mass is 16.5. The number of quaternary nitrogens is 1. The first kappa shape index (κ1) is 17.3. The van der Waals surface area contributed by atoms with Crippen molar-refractivity contribution in [3.05, 3.63) is 35.4 Å². The number of methoxy groups -OCH3 is 1. The Balaban J connectivity index is 0.00000169. The third kappa shape index (κ3) is 2.26. The van der Waals surface area contributed by atoms with E-state index in [1.165, 1.54) is 11.1 Å². The largest absolute Gasteiger partial charge is 0.870 e. The lowest BCUT2D eigenvalue weighted by atomic mass is 9.69. The molecule has 0 fully saturated rings. The molecule has 24 heavy (non-hydrogen) atoms. The summed E-state index contributed by atoms with van der Waals surface area (Å²) in [6.45, 7) is 5.53. The van der Waals surface area contributed by atoms with Gasteiger partial charge in [0, 0.05) is 24.0 Å². The van der Waals surface area contributed by atoms with E-state index in [4.69, 9.17) is 9.47 Å². The molecule has 1 aromatic carbocycles.